The molecular weight excluding hydrogens is 344 g/mol. The standard InChI is InChI=1S/C16H24N4O4S/c1-24-11-14-10-20(25(2,22)23)12-16(14)4-7-19(8-5-16)15(21)13-3-6-17-18-9-13/h3,6,9,14H,4-5,7-8,10-12H2,1-2H3/t14-/m1/s1. The van der Waals surface area contributed by atoms with Crippen molar-refractivity contribution in [3.05, 3.63) is 24.0 Å². The molecule has 3 heterocycles. The summed E-state index contributed by atoms with van der Waals surface area (Å²) in [6, 6.07) is 1.66. The van der Waals surface area contributed by atoms with E-state index in [1.165, 1.54) is 18.6 Å². The summed E-state index contributed by atoms with van der Waals surface area (Å²) in [6.45, 7) is 2.76. The molecule has 1 aromatic heterocycles. The van der Waals surface area contributed by atoms with E-state index < -0.39 is 10.0 Å². The van der Waals surface area contributed by atoms with E-state index in [4.69, 9.17) is 4.74 Å². The van der Waals surface area contributed by atoms with E-state index >= 15 is 0 Å². The van der Waals surface area contributed by atoms with Gasteiger partial charge in [0.15, 0.2) is 0 Å². The minimum Gasteiger partial charge on any atom is -0.384 e. The SMILES string of the molecule is COC[C@H]1CN(S(C)(=O)=O)CC12CCN(C(=O)c1ccnnc1)CC2. The molecule has 1 aromatic rings. The fraction of sp³-hybridized carbons (Fsp3) is 0.688. The second-order valence-corrected chi connectivity index (χ2v) is 8.98. The fourth-order valence-corrected chi connectivity index (χ4v) is 4.93. The molecular formula is C16H24N4O4S. The maximum atomic E-state index is 12.6. The van der Waals surface area contributed by atoms with Crippen LogP contribution in [-0.4, -0.2) is 79.9 Å². The van der Waals surface area contributed by atoms with Crippen LogP contribution in [-0.2, 0) is 14.8 Å². The van der Waals surface area contributed by atoms with Crippen molar-refractivity contribution < 1.29 is 17.9 Å². The van der Waals surface area contributed by atoms with Crippen LogP contribution >= 0.6 is 0 Å². The third kappa shape index (κ3) is 3.68. The van der Waals surface area contributed by atoms with Gasteiger partial charge in [0.1, 0.15) is 0 Å². The molecule has 0 saturated carbocycles. The van der Waals surface area contributed by atoms with Gasteiger partial charge < -0.3 is 9.64 Å². The number of carbonyl (C=O) groups is 1. The molecule has 1 amide bonds. The lowest BCUT2D eigenvalue weighted by atomic mass is 9.71. The highest BCUT2D eigenvalue weighted by Crippen LogP contribution is 2.45. The summed E-state index contributed by atoms with van der Waals surface area (Å²) in [5.41, 5.74) is 0.412. The number of likely N-dealkylation sites (tertiary alicyclic amines) is 1. The Kier molecular flexibility index (Phi) is 5.08. The highest BCUT2D eigenvalue weighted by atomic mass is 32.2. The van der Waals surface area contributed by atoms with Gasteiger partial charge in [-0.15, -0.1) is 0 Å². The van der Waals surface area contributed by atoms with Gasteiger partial charge >= 0.3 is 0 Å². The van der Waals surface area contributed by atoms with E-state index in [9.17, 15) is 13.2 Å². The second-order valence-electron chi connectivity index (χ2n) is 6.99. The van der Waals surface area contributed by atoms with Crippen LogP contribution in [0.2, 0.25) is 0 Å². The van der Waals surface area contributed by atoms with Gasteiger partial charge in [-0.2, -0.15) is 10.2 Å². The molecule has 8 nitrogen and oxygen atoms in total. The molecule has 25 heavy (non-hydrogen) atoms. The number of nitrogens with zero attached hydrogens (tertiary/aromatic N) is 4. The van der Waals surface area contributed by atoms with Gasteiger partial charge in [-0.25, -0.2) is 12.7 Å². The quantitative estimate of drug-likeness (QED) is 0.756. The van der Waals surface area contributed by atoms with Gasteiger partial charge in [0.05, 0.1) is 30.8 Å². The number of sulfonamides is 1. The Morgan fingerprint density at radius 1 is 1.36 bits per heavy atom. The topological polar surface area (TPSA) is 92.7 Å². The number of methoxy groups -OCH3 is 1. The van der Waals surface area contributed by atoms with Crippen molar-refractivity contribution in [1.29, 1.82) is 0 Å². The van der Waals surface area contributed by atoms with Crippen LogP contribution < -0.4 is 0 Å². The van der Waals surface area contributed by atoms with Crippen molar-refractivity contribution in [3.63, 3.8) is 0 Å². The van der Waals surface area contributed by atoms with Crippen LogP contribution in [0.15, 0.2) is 18.5 Å². The number of carbonyl (C=O) groups excluding carboxylic acids is 1. The van der Waals surface area contributed by atoms with Crippen molar-refractivity contribution in [2.45, 2.75) is 12.8 Å². The van der Waals surface area contributed by atoms with E-state index in [1.54, 1.807) is 17.5 Å². The van der Waals surface area contributed by atoms with Gasteiger partial charge in [-0.05, 0) is 24.3 Å². The van der Waals surface area contributed by atoms with Crippen LogP contribution in [0, 0.1) is 11.3 Å². The van der Waals surface area contributed by atoms with E-state index in [-0.39, 0.29) is 17.2 Å². The molecule has 1 atom stereocenters. The Balaban J connectivity index is 1.71. The third-order valence-electron chi connectivity index (χ3n) is 5.50. The van der Waals surface area contributed by atoms with Crippen LogP contribution in [0.1, 0.15) is 23.2 Å². The first-order chi connectivity index (χ1) is 11.9. The lowest BCUT2D eigenvalue weighted by Crippen LogP contribution is -2.47. The normalized spacial score (nSPS) is 23.9. The molecule has 0 aromatic carbocycles. The molecule has 2 saturated heterocycles. The van der Waals surface area contributed by atoms with Gasteiger partial charge in [0.2, 0.25) is 10.0 Å². The second kappa shape index (κ2) is 6.97. The van der Waals surface area contributed by atoms with Crippen molar-refractivity contribution in [3.8, 4) is 0 Å². The smallest absolute Gasteiger partial charge is 0.255 e. The Morgan fingerprint density at radius 2 is 2.08 bits per heavy atom. The van der Waals surface area contributed by atoms with Gasteiger partial charge in [0, 0.05) is 39.2 Å². The number of rotatable bonds is 4. The predicted molar refractivity (Wildman–Crippen MR) is 91.4 cm³/mol. The first-order valence-corrected chi connectivity index (χ1v) is 10.2. The molecule has 0 aliphatic carbocycles. The molecule has 1 spiro atoms. The van der Waals surface area contributed by atoms with Gasteiger partial charge in [0.25, 0.3) is 5.91 Å². The number of amides is 1. The molecule has 2 fully saturated rings. The van der Waals surface area contributed by atoms with Crippen molar-refractivity contribution >= 4 is 15.9 Å². The number of hydrogen-bond acceptors (Lipinski definition) is 6. The average Bonchev–Trinajstić information content (AvgIpc) is 2.95. The van der Waals surface area contributed by atoms with E-state index in [1.807, 2.05) is 4.90 Å². The number of piperidine rings is 1. The van der Waals surface area contributed by atoms with E-state index in [2.05, 4.69) is 10.2 Å². The molecule has 138 valence electrons. The van der Waals surface area contributed by atoms with Crippen molar-refractivity contribution in [2.75, 3.05) is 46.2 Å². The van der Waals surface area contributed by atoms with Crippen molar-refractivity contribution in [2.24, 2.45) is 11.3 Å². The number of aromatic nitrogens is 2. The Labute approximate surface area is 148 Å². The van der Waals surface area contributed by atoms with Crippen LogP contribution in [0.4, 0.5) is 0 Å². The molecule has 2 aliphatic heterocycles. The van der Waals surface area contributed by atoms with Crippen LogP contribution in [0.3, 0.4) is 0 Å². The van der Waals surface area contributed by atoms with Gasteiger partial charge in [-0.3, -0.25) is 4.79 Å². The van der Waals surface area contributed by atoms with Crippen LogP contribution in [0.25, 0.3) is 0 Å². The molecule has 0 radical (unpaired) electrons. The minimum absolute atomic E-state index is 0.0500. The summed E-state index contributed by atoms with van der Waals surface area (Å²) < 4.78 is 30.8. The number of ether oxygens (including phenoxy) is 1. The first kappa shape index (κ1) is 18.2. The fourth-order valence-electron chi connectivity index (χ4n) is 3.99. The summed E-state index contributed by atoms with van der Waals surface area (Å²) in [5, 5.41) is 7.45. The number of hydrogen-bond donors (Lipinski definition) is 0. The zero-order valence-corrected chi connectivity index (χ0v) is 15.4. The maximum absolute atomic E-state index is 12.6. The van der Waals surface area contributed by atoms with Gasteiger partial charge in [-0.1, -0.05) is 0 Å². The lowest BCUT2D eigenvalue weighted by molar-refractivity contribution is 0.0327. The molecule has 3 rings (SSSR count). The Morgan fingerprint density at radius 3 is 2.64 bits per heavy atom. The summed E-state index contributed by atoms with van der Waals surface area (Å²) in [7, 11) is -1.58. The molecule has 0 N–H and O–H groups in total. The Bertz CT molecular complexity index is 717. The van der Waals surface area contributed by atoms with E-state index in [0.29, 0.717) is 38.3 Å². The van der Waals surface area contributed by atoms with E-state index in [0.717, 1.165) is 12.8 Å². The minimum atomic E-state index is -3.22. The largest absolute Gasteiger partial charge is 0.384 e. The molecule has 0 bridgehead atoms. The lowest BCUT2D eigenvalue weighted by Gasteiger charge is -2.42. The third-order valence-corrected chi connectivity index (χ3v) is 6.71. The van der Waals surface area contributed by atoms with Crippen LogP contribution in [0.5, 0.6) is 0 Å². The summed E-state index contributed by atoms with van der Waals surface area (Å²) in [6.07, 6.45) is 5.79. The summed E-state index contributed by atoms with van der Waals surface area (Å²) in [4.78, 5) is 14.4. The predicted octanol–water partition coefficient (Wildman–Crippen LogP) is 0.237. The first-order valence-electron chi connectivity index (χ1n) is 8.36. The zero-order chi connectivity index (χ0) is 18.1. The maximum Gasteiger partial charge on any atom is 0.255 e. The highest BCUT2D eigenvalue weighted by molar-refractivity contribution is 7.88. The highest BCUT2D eigenvalue weighted by Gasteiger charge is 2.50. The van der Waals surface area contributed by atoms with Crippen molar-refractivity contribution in [1.82, 2.24) is 19.4 Å². The average molecular weight is 368 g/mol. The molecule has 9 heteroatoms. The zero-order valence-electron chi connectivity index (χ0n) is 14.6. The summed E-state index contributed by atoms with van der Waals surface area (Å²) >= 11 is 0. The molecule has 0 unspecified atom stereocenters. The monoisotopic (exact) mass is 368 g/mol. The Hall–Kier alpha value is -1.58. The summed E-state index contributed by atoms with van der Waals surface area (Å²) in [5.74, 6) is 0.109. The molecule has 2 aliphatic rings.